The zero-order valence-electron chi connectivity index (χ0n) is 7.27. The first-order valence-corrected chi connectivity index (χ1v) is 4.66. The summed E-state index contributed by atoms with van der Waals surface area (Å²) in [6, 6.07) is 4.58. The quantitative estimate of drug-likeness (QED) is 0.573. The van der Waals surface area contributed by atoms with E-state index < -0.39 is 4.92 Å². The molecule has 1 aliphatic carbocycles. The predicted octanol–water partition coefficient (Wildman–Crippen LogP) is 2.79. The van der Waals surface area contributed by atoms with Crippen LogP contribution < -0.4 is 4.74 Å². The second kappa shape index (κ2) is 3.46. The Morgan fingerprint density at radius 3 is 2.79 bits per heavy atom. The van der Waals surface area contributed by atoms with E-state index in [0.717, 1.165) is 12.8 Å². The van der Waals surface area contributed by atoms with Gasteiger partial charge < -0.3 is 4.74 Å². The number of nitro groups is 1. The number of halogens is 1. The van der Waals surface area contributed by atoms with Gasteiger partial charge in [-0.1, -0.05) is 17.7 Å². The Hall–Kier alpha value is -1.29. The number of nitro benzene ring substituents is 1. The molecule has 0 unspecified atom stereocenters. The standard InChI is InChI=1S/C9H8ClNO3/c10-9-7(11(12)13)2-1-3-8(9)14-6-4-5-6/h1-3,6H,4-5H2. The molecule has 1 fully saturated rings. The molecule has 0 aliphatic heterocycles. The maximum atomic E-state index is 10.5. The van der Waals surface area contributed by atoms with Crippen molar-refractivity contribution in [2.45, 2.75) is 18.9 Å². The fraction of sp³-hybridized carbons (Fsp3) is 0.333. The van der Waals surface area contributed by atoms with Crippen molar-refractivity contribution in [3.8, 4) is 5.75 Å². The number of hydrogen-bond donors (Lipinski definition) is 0. The molecule has 2 rings (SSSR count). The number of nitrogens with zero attached hydrogens (tertiary/aromatic N) is 1. The molecule has 5 heteroatoms. The summed E-state index contributed by atoms with van der Waals surface area (Å²) in [6.07, 6.45) is 2.19. The lowest BCUT2D eigenvalue weighted by atomic mass is 10.3. The van der Waals surface area contributed by atoms with Crippen LogP contribution in [0.3, 0.4) is 0 Å². The Morgan fingerprint density at radius 1 is 1.50 bits per heavy atom. The molecule has 1 aromatic carbocycles. The molecule has 0 heterocycles. The van der Waals surface area contributed by atoms with Crippen LogP contribution in [0.15, 0.2) is 18.2 Å². The summed E-state index contributed by atoms with van der Waals surface area (Å²) in [5.41, 5.74) is -0.107. The highest BCUT2D eigenvalue weighted by atomic mass is 35.5. The van der Waals surface area contributed by atoms with Gasteiger partial charge in [-0.25, -0.2) is 0 Å². The molecule has 0 atom stereocenters. The molecule has 0 saturated heterocycles. The molecule has 14 heavy (non-hydrogen) atoms. The highest BCUT2D eigenvalue weighted by molar-refractivity contribution is 6.34. The molecule has 0 aromatic heterocycles. The lowest BCUT2D eigenvalue weighted by molar-refractivity contribution is -0.384. The number of ether oxygens (including phenoxy) is 1. The van der Waals surface area contributed by atoms with Crippen LogP contribution in [-0.4, -0.2) is 11.0 Å². The zero-order chi connectivity index (χ0) is 10.1. The van der Waals surface area contributed by atoms with Crippen molar-refractivity contribution in [2.24, 2.45) is 0 Å². The molecule has 0 spiro atoms. The van der Waals surface area contributed by atoms with E-state index >= 15 is 0 Å². The van der Waals surface area contributed by atoms with Gasteiger partial charge in [-0.2, -0.15) is 0 Å². The molecule has 0 radical (unpaired) electrons. The lowest BCUT2D eigenvalue weighted by Crippen LogP contribution is -1.98. The van der Waals surface area contributed by atoms with Crippen LogP contribution in [0.4, 0.5) is 5.69 Å². The Labute approximate surface area is 85.6 Å². The van der Waals surface area contributed by atoms with Crippen LogP contribution in [0.25, 0.3) is 0 Å². The van der Waals surface area contributed by atoms with Crippen molar-refractivity contribution in [1.29, 1.82) is 0 Å². The lowest BCUT2D eigenvalue weighted by Gasteiger charge is -2.05. The van der Waals surface area contributed by atoms with E-state index in [9.17, 15) is 10.1 Å². The Bertz CT molecular complexity index is 376. The molecular formula is C9H8ClNO3. The minimum Gasteiger partial charge on any atom is -0.489 e. The van der Waals surface area contributed by atoms with Crippen LogP contribution >= 0.6 is 11.6 Å². The van der Waals surface area contributed by atoms with Crippen LogP contribution in [0.5, 0.6) is 5.75 Å². The Morgan fingerprint density at radius 2 is 2.21 bits per heavy atom. The van der Waals surface area contributed by atoms with Gasteiger partial charge in [0.05, 0.1) is 11.0 Å². The van der Waals surface area contributed by atoms with E-state index in [1.807, 2.05) is 0 Å². The fourth-order valence-corrected chi connectivity index (χ4v) is 1.34. The van der Waals surface area contributed by atoms with E-state index in [2.05, 4.69) is 0 Å². The highest BCUT2D eigenvalue weighted by Gasteiger charge is 2.26. The average molecular weight is 214 g/mol. The average Bonchev–Trinajstić information content (AvgIpc) is 2.92. The van der Waals surface area contributed by atoms with Gasteiger partial charge in [0.2, 0.25) is 0 Å². The molecule has 1 aliphatic rings. The maximum absolute atomic E-state index is 10.5. The Kier molecular flexibility index (Phi) is 2.29. The van der Waals surface area contributed by atoms with E-state index in [0.29, 0.717) is 5.75 Å². The van der Waals surface area contributed by atoms with E-state index in [1.54, 1.807) is 12.1 Å². The van der Waals surface area contributed by atoms with Gasteiger partial charge in [0.15, 0.2) is 5.02 Å². The minimum absolute atomic E-state index is 0.0874. The smallest absolute Gasteiger partial charge is 0.291 e. The van der Waals surface area contributed by atoms with Crippen molar-refractivity contribution in [3.63, 3.8) is 0 Å². The van der Waals surface area contributed by atoms with Crippen molar-refractivity contribution in [3.05, 3.63) is 33.3 Å². The van der Waals surface area contributed by atoms with E-state index in [-0.39, 0.29) is 16.8 Å². The molecule has 0 bridgehead atoms. The van der Waals surface area contributed by atoms with Gasteiger partial charge in [0, 0.05) is 6.07 Å². The summed E-state index contributed by atoms with van der Waals surface area (Å²) >= 11 is 5.81. The largest absolute Gasteiger partial charge is 0.489 e. The van der Waals surface area contributed by atoms with Gasteiger partial charge in [0.1, 0.15) is 5.75 Å². The summed E-state index contributed by atoms with van der Waals surface area (Å²) < 4.78 is 5.41. The van der Waals surface area contributed by atoms with Crippen LogP contribution in [0.1, 0.15) is 12.8 Å². The summed E-state index contributed by atoms with van der Waals surface area (Å²) in [6.45, 7) is 0. The van der Waals surface area contributed by atoms with Gasteiger partial charge in [-0.3, -0.25) is 10.1 Å². The summed E-state index contributed by atoms with van der Waals surface area (Å²) in [4.78, 5) is 10.0. The molecule has 1 aromatic rings. The van der Waals surface area contributed by atoms with Gasteiger partial charge in [-0.05, 0) is 18.9 Å². The van der Waals surface area contributed by atoms with Gasteiger partial charge in [0.25, 0.3) is 5.69 Å². The first-order chi connectivity index (χ1) is 6.68. The third-order valence-electron chi connectivity index (χ3n) is 1.96. The number of rotatable bonds is 3. The van der Waals surface area contributed by atoms with Crippen LogP contribution in [0.2, 0.25) is 5.02 Å². The SMILES string of the molecule is O=[N+]([O-])c1cccc(OC2CC2)c1Cl. The third-order valence-corrected chi connectivity index (χ3v) is 2.34. The second-order valence-electron chi connectivity index (χ2n) is 3.16. The third kappa shape index (κ3) is 1.80. The molecule has 1 saturated carbocycles. The van der Waals surface area contributed by atoms with E-state index in [1.165, 1.54) is 6.07 Å². The summed E-state index contributed by atoms with van der Waals surface area (Å²) in [5, 5.41) is 10.6. The maximum Gasteiger partial charge on any atom is 0.291 e. The van der Waals surface area contributed by atoms with Crippen molar-refractivity contribution in [1.82, 2.24) is 0 Å². The first kappa shape index (κ1) is 9.27. The highest BCUT2D eigenvalue weighted by Crippen LogP contribution is 2.36. The topological polar surface area (TPSA) is 52.4 Å². The summed E-state index contributed by atoms with van der Waals surface area (Å²) in [7, 11) is 0. The molecular weight excluding hydrogens is 206 g/mol. The van der Waals surface area contributed by atoms with Crippen molar-refractivity contribution < 1.29 is 9.66 Å². The van der Waals surface area contributed by atoms with Gasteiger partial charge >= 0.3 is 0 Å². The minimum atomic E-state index is -0.512. The normalized spacial score (nSPS) is 15.2. The summed E-state index contributed by atoms with van der Waals surface area (Å²) in [5.74, 6) is 0.406. The molecule has 4 nitrogen and oxygen atoms in total. The van der Waals surface area contributed by atoms with Crippen molar-refractivity contribution >= 4 is 17.3 Å². The number of hydrogen-bond acceptors (Lipinski definition) is 3. The Balaban J connectivity index is 2.30. The van der Waals surface area contributed by atoms with Crippen LogP contribution in [-0.2, 0) is 0 Å². The molecule has 0 N–H and O–H groups in total. The molecule has 74 valence electrons. The fourth-order valence-electron chi connectivity index (χ4n) is 1.10. The first-order valence-electron chi connectivity index (χ1n) is 4.28. The number of benzene rings is 1. The predicted molar refractivity (Wildman–Crippen MR) is 51.8 cm³/mol. The molecule has 0 amide bonds. The second-order valence-corrected chi connectivity index (χ2v) is 3.54. The van der Waals surface area contributed by atoms with Crippen LogP contribution in [0, 0.1) is 10.1 Å². The van der Waals surface area contributed by atoms with E-state index in [4.69, 9.17) is 16.3 Å². The zero-order valence-corrected chi connectivity index (χ0v) is 8.03. The van der Waals surface area contributed by atoms with Gasteiger partial charge in [-0.15, -0.1) is 0 Å². The monoisotopic (exact) mass is 213 g/mol. The van der Waals surface area contributed by atoms with Crippen molar-refractivity contribution in [2.75, 3.05) is 0 Å².